The summed E-state index contributed by atoms with van der Waals surface area (Å²) in [6, 6.07) is 4.79. The fourth-order valence-corrected chi connectivity index (χ4v) is 7.31. The first-order valence-corrected chi connectivity index (χ1v) is 11.7. The van der Waals surface area contributed by atoms with Crippen LogP contribution in [0.5, 0.6) is 11.5 Å². The van der Waals surface area contributed by atoms with E-state index >= 15 is 0 Å². The predicted molar refractivity (Wildman–Crippen MR) is 110 cm³/mol. The molecule has 29 heavy (non-hydrogen) atoms. The summed E-state index contributed by atoms with van der Waals surface area (Å²) in [5.41, 5.74) is 0.600. The van der Waals surface area contributed by atoms with Gasteiger partial charge in [-0.1, -0.05) is 11.8 Å². The van der Waals surface area contributed by atoms with Crippen molar-refractivity contribution in [2.75, 3.05) is 30.6 Å². The van der Waals surface area contributed by atoms with Gasteiger partial charge in [-0.05, 0) is 18.6 Å². The lowest BCUT2D eigenvalue weighted by Gasteiger charge is -2.26. The summed E-state index contributed by atoms with van der Waals surface area (Å²) in [7, 11) is -0.159. The van der Waals surface area contributed by atoms with E-state index in [9.17, 15) is 18.0 Å². The van der Waals surface area contributed by atoms with Crippen molar-refractivity contribution in [1.82, 2.24) is 0 Å². The molecule has 11 heteroatoms. The Hall–Kier alpha value is -2.27. The highest BCUT2D eigenvalue weighted by Gasteiger charge is 2.50. The van der Waals surface area contributed by atoms with E-state index in [1.807, 2.05) is 0 Å². The van der Waals surface area contributed by atoms with E-state index in [1.165, 1.54) is 26.0 Å². The lowest BCUT2D eigenvalue weighted by Crippen LogP contribution is -2.38. The Bertz CT molecular complexity index is 946. The number of anilines is 1. The summed E-state index contributed by atoms with van der Waals surface area (Å²) in [5.74, 6) is -0.369. The van der Waals surface area contributed by atoms with Crippen LogP contribution in [0.25, 0.3) is 0 Å². The van der Waals surface area contributed by atoms with Gasteiger partial charge in [-0.15, -0.1) is 0 Å². The Balaban J connectivity index is 1.93. The summed E-state index contributed by atoms with van der Waals surface area (Å²) in [4.78, 5) is 28.8. The highest BCUT2D eigenvalue weighted by Crippen LogP contribution is 2.44. The van der Waals surface area contributed by atoms with Crippen LogP contribution in [-0.2, 0) is 19.4 Å². The first kappa shape index (κ1) is 21.4. The summed E-state index contributed by atoms with van der Waals surface area (Å²) >= 11 is 1.26. The van der Waals surface area contributed by atoms with Crippen molar-refractivity contribution in [1.29, 1.82) is 0 Å². The second-order valence-electron chi connectivity index (χ2n) is 6.74. The normalized spacial score (nSPS) is 23.8. The number of hydrogen-bond donors (Lipinski definition) is 1. The van der Waals surface area contributed by atoms with Crippen molar-refractivity contribution < 1.29 is 32.6 Å². The van der Waals surface area contributed by atoms with Gasteiger partial charge in [0.15, 0.2) is 15.0 Å². The number of aliphatic imine (C=N–C) groups is 1. The summed E-state index contributed by atoms with van der Waals surface area (Å²) in [5, 5.41) is 8.88. The number of amidine groups is 1. The summed E-state index contributed by atoms with van der Waals surface area (Å²) in [6.07, 6.45) is 0.101. The highest BCUT2D eigenvalue weighted by atomic mass is 32.2. The number of carbonyl (C=O) groups excluding carboxylic acids is 1. The molecule has 0 aliphatic carbocycles. The number of carbonyl (C=O) groups is 2. The van der Waals surface area contributed by atoms with E-state index in [4.69, 9.17) is 14.6 Å². The van der Waals surface area contributed by atoms with Crippen molar-refractivity contribution >= 4 is 44.3 Å². The van der Waals surface area contributed by atoms with Crippen LogP contribution in [0, 0.1) is 0 Å². The number of benzene rings is 1. The smallest absolute Gasteiger partial charge is 0.303 e. The van der Waals surface area contributed by atoms with Gasteiger partial charge in [0.05, 0.1) is 37.5 Å². The largest absolute Gasteiger partial charge is 0.497 e. The van der Waals surface area contributed by atoms with Crippen molar-refractivity contribution in [3.63, 3.8) is 0 Å². The fourth-order valence-electron chi connectivity index (χ4n) is 3.38. The maximum absolute atomic E-state index is 12.3. The zero-order valence-corrected chi connectivity index (χ0v) is 17.7. The summed E-state index contributed by atoms with van der Waals surface area (Å²) in [6.45, 7) is 0. The maximum Gasteiger partial charge on any atom is 0.303 e. The van der Waals surface area contributed by atoms with Gasteiger partial charge in [0.25, 0.3) is 0 Å². The molecule has 2 saturated heterocycles. The van der Waals surface area contributed by atoms with Gasteiger partial charge in [-0.3, -0.25) is 9.59 Å². The topological polar surface area (TPSA) is 123 Å². The fraction of sp³-hybridized carbons (Fsp3) is 0.500. The second-order valence-corrected chi connectivity index (χ2v) is 10.1. The van der Waals surface area contributed by atoms with Gasteiger partial charge in [0, 0.05) is 24.2 Å². The van der Waals surface area contributed by atoms with Crippen molar-refractivity contribution in [2.45, 2.75) is 30.6 Å². The van der Waals surface area contributed by atoms with Gasteiger partial charge in [-0.25, -0.2) is 8.42 Å². The Morgan fingerprint density at radius 1 is 1.24 bits per heavy atom. The van der Waals surface area contributed by atoms with Gasteiger partial charge in [0.1, 0.15) is 11.5 Å². The van der Waals surface area contributed by atoms with Crippen LogP contribution < -0.4 is 14.4 Å². The number of hydrogen-bond acceptors (Lipinski definition) is 7. The number of aliphatic carboxylic acids is 1. The number of nitrogens with zero attached hydrogens (tertiary/aromatic N) is 2. The molecule has 0 radical (unpaired) electrons. The molecule has 0 spiro atoms. The zero-order valence-electron chi connectivity index (χ0n) is 16.0. The van der Waals surface area contributed by atoms with E-state index in [0.29, 0.717) is 22.4 Å². The first-order chi connectivity index (χ1) is 13.7. The van der Waals surface area contributed by atoms with Gasteiger partial charge < -0.3 is 19.5 Å². The first-order valence-electron chi connectivity index (χ1n) is 8.95. The molecule has 9 nitrogen and oxygen atoms in total. The van der Waals surface area contributed by atoms with Crippen LogP contribution in [0.4, 0.5) is 5.69 Å². The van der Waals surface area contributed by atoms with Crippen LogP contribution in [0.2, 0.25) is 0 Å². The highest BCUT2D eigenvalue weighted by molar-refractivity contribution is 8.16. The molecule has 2 heterocycles. The maximum atomic E-state index is 12.3. The monoisotopic (exact) mass is 442 g/mol. The van der Waals surface area contributed by atoms with E-state index in [0.717, 1.165) is 0 Å². The SMILES string of the molecule is COc1ccc(N2C(=NC(=O)CCCC(=O)O)S[C@H]3CS(=O)(=O)C[C@H]32)c(OC)c1. The molecule has 2 aliphatic rings. The summed E-state index contributed by atoms with van der Waals surface area (Å²) < 4.78 is 35.0. The molecule has 2 atom stereocenters. The van der Waals surface area contributed by atoms with E-state index < -0.39 is 21.7 Å². The predicted octanol–water partition coefficient (Wildman–Crippen LogP) is 1.56. The molecule has 3 rings (SSSR count). The average Bonchev–Trinajstić information content (AvgIpc) is 3.11. The number of sulfone groups is 1. The molecule has 0 unspecified atom stereocenters. The Morgan fingerprint density at radius 3 is 2.66 bits per heavy atom. The molecular formula is C18H22N2O7S2. The molecule has 0 bridgehead atoms. The number of ether oxygens (including phenoxy) is 2. The number of rotatable bonds is 7. The van der Waals surface area contributed by atoms with Crippen LogP contribution in [0.15, 0.2) is 23.2 Å². The minimum atomic E-state index is -3.19. The second kappa shape index (κ2) is 8.62. The number of carboxylic acids is 1. The standard InChI is InChI=1S/C18H22N2O7S2/c1-26-11-6-7-12(14(8-11)27-2)20-13-9-29(24,25)10-15(13)28-18(20)19-16(21)4-3-5-17(22)23/h6-8,13,15H,3-5,9-10H2,1-2H3,(H,22,23)/t13-,15+/m1/s1. The van der Waals surface area contributed by atoms with Crippen molar-refractivity contribution in [3.8, 4) is 11.5 Å². The Labute approximate surface area is 173 Å². The Morgan fingerprint density at radius 2 is 2.00 bits per heavy atom. The molecule has 1 aromatic rings. The molecule has 158 valence electrons. The van der Waals surface area contributed by atoms with E-state index in [2.05, 4.69) is 4.99 Å². The quantitative estimate of drug-likeness (QED) is 0.670. The van der Waals surface area contributed by atoms with Crippen LogP contribution >= 0.6 is 11.8 Å². The zero-order chi connectivity index (χ0) is 21.2. The lowest BCUT2D eigenvalue weighted by atomic mass is 10.2. The third-order valence-corrected chi connectivity index (χ3v) is 7.92. The Kier molecular flexibility index (Phi) is 6.37. The molecule has 2 fully saturated rings. The third kappa shape index (κ3) is 4.84. The molecule has 1 amide bonds. The van der Waals surface area contributed by atoms with Gasteiger partial charge in [-0.2, -0.15) is 4.99 Å². The minimum absolute atomic E-state index is 0.0115. The van der Waals surface area contributed by atoms with Crippen LogP contribution in [-0.4, -0.2) is 67.6 Å². The van der Waals surface area contributed by atoms with Crippen molar-refractivity contribution in [2.24, 2.45) is 4.99 Å². The van der Waals surface area contributed by atoms with Crippen LogP contribution in [0.3, 0.4) is 0 Å². The molecule has 0 saturated carbocycles. The van der Waals surface area contributed by atoms with E-state index in [-0.39, 0.29) is 42.1 Å². The lowest BCUT2D eigenvalue weighted by molar-refractivity contribution is -0.137. The molecule has 0 aromatic heterocycles. The number of amides is 1. The molecular weight excluding hydrogens is 420 g/mol. The number of carboxylic acid groups (broad SMARTS) is 1. The minimum Gasteiger partial charge on any atom is -0.497 e. The molecule has 1 aromatic carbocycles. The van der Waals surface area contributed by atoms with Crippen LogP contribution in [0.1, 0.15) is 19.3 Å². The number of methoxy groups -OCH3 is 2. The molecule has 1 N–H and O–H groups in total. The number of fused-ring (bicyclic) bond motifs is 1. The van der Waals surface area contributed by atoms with Gasteiger partial charge >= 0.3 is 5.97 Å². The van der Waals surface area contributed by atoms with E-state index in [1.54, 1.807) is 23.1 Å². The van der Waals surface area contributed by atoms with Gasteiger partial charge in [0.2, 0.25) is 5.91 Å². The third-order valence-electron chi connectivity index (χ3n) is 4.71. The molecule has 2 aliphatic heterocycles. The average molecular weight is 443 g/mol. The number of thioether (sulfide) groups is 1. The van der Waals surface area contributed by atoms with Crippen molar-refractivity contribution in [3.05, 3.63) is 18.2 Å².